The fraction of sp³-hybridized carbons (Fsp3) is 0.0909. The molecule has 3 nitrogen and oxygen atoms in total. The average molecular weight is 764 g/mol. The minimum Gasteiger partial charge on any atom is -0.298 e. The van der Waals surface area contributed by atoms with Crippen molar-refractivity contribution in [3.05, 3.63) is 220 Å². The van der Waals surface area contributed by atoms with E-state index in [0.29, 0.717) is 0 Å². The van der Waals surface area contributed by atoms with Crippen LogP contribution in [0.25, 0.3) is 0 Å². The summed E-state index contributed by atoms with van der Waals surface area (Å²) in [4.78, 5) is 0. The minimum atomic E-state index is -3.57. The van der Waals surface area contributed by atoms with E-state index in [1.165, 1.54) is 21.2 Å². The van der Waals surface area contributed by atoms with E-state index in [1.807, 2.05) is 62.7 Å². The van der Waals surface area contributed by atoms with Crippen LogP contribution in [-0.4, -0.2) is 17.8 Å². The molecule has 0 N–H and O–H groups in total. The molecule has 0 bridgehead atoms. The van der Waals surface area contributed by atoms with E-state index < -0.39 is 28.7 Å². The maximum absolute atomic E-state index is 15.9. The second-order valence-corrected chi connectivity index (χ2v) is 19.1. The third-order valence-electron chi connectivity index (χ3n) is 9.25. The second-order valence-electron chi connectivity index (χ2n) is 12.2. The first-order chi connectivity index (χ1) is 24.5. The van der Waals surface area contributed by atoms with Gasteiger partial charge in [0, 0.05) is 5.66 Å². The van der Waals surface area contributed by atoms with Gasteiger partial charge in [0.15, 0.2) is 0 Å². The van der Waals surface area contributed by atoms with Crippen LogP contribution in [0.1, 0.15) is 12.5 Å². The first-order valence-corrected chi connectivity index (χ1v) is 21.1. The van der Waals surface area contributed by atoms with E-state index in [4.69, 9.17) is 4.52 Å². The van der Waals surface area contributed by atoms with Gasteiger partial charge >= 0.3 is 17.1 Å². The van der Waals surface area contributed by atoms with E-state index in [0.717, 1.165) is 16.9 Å². The molecule has 2 saturated carbocycles. The van der Waals surface area contributed by atoms with Gasteiger partial charge in [-0.05, 0) is 108 Å². The maximum Gasteiger partial charge on any atom is 2.00 e. The van der Waals surface area contributed by atoms with Crippen molar-refractivity contribution in [2.24, 2.45) is 0 Å². The molecule has 7 heteroatoms. The Morgan fingerprint density at radius 2 is 0.961 bits per heavy atom. The van der Waals surface area contributed by atoms with Gasteiger partial charge in [-0.1, -0.05) is 152 Å². The molecule has 8 rings (SSSR count). The minimum absolute atomic E-state index is 0. The first-order valence-electron chi connectivity index (χ1n) is 16.9. The summed E-state index contributed by atoms with van der Waals surface area (Å²) in [6, 6.07) is 52.7. The van der Waals surface area contributed by atoms with Crippen molar-refractivity contribution in [1.29, 1.82) is 0 Å². The number of likely N-dealkylation sites (N-methyl/N-ethyl adjacent to an activating group) is 1. The molecule has 3 fully saturated rings. The molecule has 0 amide bonds. The number of hydrogen-bond donors (Lipinski definition) is 0. The zero-order valence-electron chi connectivity index (χ0n) is 28.6. The molecular weight excluding hydrogens is 723 g/mol. The zero-order chi connectivity index (χ0) is 34.4. The van der Waals surface area contributed by atoms with Crippen LogP contribution in [0.3, 0.4) is 0 Å². The van der Waals surface area contributed by atoms with Crippen molar-refractivity contribution in [2.75, 3.05) is 7.05 Å². The molecule has 5 aromatic carbocycles. The van der Waals surface area contributed by atoms with Crippen LogP contribution < -0.4 is 21.2 Å². The van der Waals surface area contributed by atoms with E-state index in [9.17, 15) is 0 Å². The topological polar surface area (TPSA) is 29.5 Å². The molecule has 0 spiro atoms. The number of benzene rings is 5. The molecule has 3 aliphatic rings. The van der Waals surface area contributed by atoms with Gasteiger partial charge in [0.1, 0.15) is 5.34 Å². The molecule has 0 aromatic heterocycles. The summed E-state index contributed by atoms with van der Waals surface area (Å²) in [5, 5.41) is 3.94. The van der Waals surface area contributed by atoms with Crippen LogP contribution in [0.15, 0.2) is 152 Å². The molecule has 0 unspecified atom stereocenters. The molecule has 1 saturated heterocycles. The normalized spacial score (nSPS) is 24.0. The van der Waals surface area contributed by atoms with Gasteiger partial charge in [-0.15, -0.1) is 0 Å². The van der Waals surface area contributed by atoms with Crippen LogP contribution in [0, 0.1) is 62.7 Å². The Labute approximate surface area is 319 Å². The SMILES string of the molecule is C[C@@H]1N(C)[P@@](=O)([C]2[CH][CH][CH][C]2P(c2ccccc2)c2ccccc2)O[C@@]1(c1ccccc1)P(c1ccccc1)c1ccccc1.[CH]1[CH][CH][CH][CH]1.[Fe+2]. The molecule has 51 heavy (non-hydrogen) atoms. The number of nitrogens with zero attached hydrogens (tertiary/aromatic N) is 1. The van der Waals surface area contributed by atoms with Crippen molar-refractivity contribution in [1.82, 2.24) is 4.67 Å². The van der Waals surface area contributed by atoms with Crippen LogP contribution in [-0.2, 0) is 31.5 Å². The zero-order valence-corrected chi connectivity index (χ0v) is 32.4. The third kappa shape index (κ3) is 7.82. The monoisotopic (exact) mass is 763 g/mol. The van der Waals surface area contributed by atoms with Crippen LogP contribution in [0.5, 0.6) is 0 Å². The predicted molar refractivity (Wildman–Crippen MR) is 213 cm³/mol. The van der Waals surface area contributed by atoms with E-state index >= 15 is 4.57 Å². The Hall–Kier alpha value is -2.37. The second kappa shape index (κ2) is 17.6. The molecule has 5 aromatic rings. The number of rotatable bonds is 8. The largest absolute Gasteiger partial charge is 2.00 e. The Morgan fingerprint density at radius 3 is 1.39 bits per heavy atom. The average Bonchev–Trinajstić information content (AvgIpc) is 3.96. The van der Waals surface area contributed by atoms with Crippen molar-refractivity contribution < 1.29 is 26.2 Å². The maximum atomic E-state index is 15.9. The van der Waals surface area contributed by atoms with Crippen molar-refractivity contribution in [3.63, 3.8) is 0 Å². The smallest absolute Gasteiger partial charge is 0.298 e. The molecule has 3 atom stereocenters. The molecular formula is C44H40FeNO2P3+2. The fourth-order valence-electron chi connectivity index (χ4n) is 6.78. The van der Waals surface area contributed by atoms with E-state index in [-0.39, 0.29) is 23.1 Å². The van der Waals surface area contributed by atoms with Crippen molar-refractivity contribution in [3.8, 4) is 0 Å². The van der Waals surface area contributed by atoms with Gasteiger partial charge in [-0.3, -0.25) is 9.09 Å². The van der Waals surface area contributed by atoms with Gasteiger partial charge in [-0.2, -0.15) is 0 Å². The van der Waals surface area contributed by atoms with E-state index in [2.05, 4.69) is 159 Å². The van der Waals surface area contributed by atoms with Crippen LogP contribution in [0.4, 0.5) is 0 Å². The quantitative estimate of drug-likeness (QED) is 0.117. The Morgan fingerprint density at radius 1 is 0.569 bits per heavy atom. The Bertz CT molecular complexity index is 1740. The molecule has 10 radical (unpaired) electrons. The standard InChI is InChI=1S/C39H35NO2P3.C5H5.Fe/c1-31-39(32-19-8-3-9-20-32,44(35-25-14-6-15-26-35)36-27-16-7-17-28-36)42-45(41,40(31)2)38-30-18-29-37(38)43(33-21-10-4-11-22-33)34-23-12-5-13-24-34;1-2-4-5-3-1;/h3-31H,1-2H3;1-5H;/q;;+2/t31-,39+,45+;;/m0../s1. The predicted octanol–water partition coefficient (Wildman–Crippen LogP) is 9.36. The summed E-state index contributed by atoms with van der Waals surface area (Å²) < 4.78 is 25.4. The fourth-order valence-corrected chi connectivity index (χ4v) is 16.0. The Kier molecular flexibility index (Phi) is 13.3. The van der Waals surface area contributed by atoms with Crippen molar-refractivity contribution in [2.45, 2.75) is 18.3 Å². The molecule has 254 valence electrons. The van der Waals surface area contributed by atoms with Gasteiger partial charge in [0.2, 0.25) is 0 Å². The van der Waals surface area contributed by atoms with Gasteiger partial charge in [0.05, 0.1) is 11.7 Å². The first kappa shape index (κ1) is 38.4. The van der Waals surface area contributed by atoms with Gasteiger partial charge in [0.25, 0.3) is 7.52 Å². The summed E-state index contributed by atoms with van der Waals surface area (Å²) in [7, 11) is -3.71. The van der Waals surface area contributed by atoms with E-state index in [1.54, 1.807) is 0 Å². The summed E-state index contributed by atoms with van der Waals surface area (Å²) in [6.07, 6.45) is 16.2. The third-order valence-corrected chi connectivity index (χ3v) is 17.8. The van der Waals surface area contributed by atoms with Crippen LogP contribution >= 0.6 is 23.4 Å². The van der Waals surface area contributed by atoms with Crippen molar-refractivity contribution >= 4 is 44.6 Å². The van der Waals surface area contributed by atoms with Gasteiger partial charge < -0.3 is 0 Å². The molecule has 2 aliphatic carbocycles. The molecule has 1 aliphatic heterocycles. The molecule has 1 heterocycles. The summed E-state index contributed by atoms with van der Waals surface area (Å²) in [5.41, 5.74) is 2.92. The Balaban J connectivity index is 0.000000689. The van der Waals surface area contributed by atoms with Crippen LogP contribution in [0.2, 0.25) is 0 Å². The van der Waals surface area contributed by atoms with Gasteiger partial charge in [-0.25, -0.2) is 4.67 Å². The summed E-state index contributed by atoms with van der Waals surface area (Å²) >= 11 is 0. The summed E-state index contributed by atoms with van der Waals surface area (Å²) in [6.45, 7) is 2.19. The number of hydrogen-bond acceptors (Lipinski definition) is 2. The summed E-state index contributed by atoms with van der Waals surface area (Å²) in [5.74, 6) is 0.